The lowest BCUT2D eigenvalue weighted by Gasteiger charge is -2.24. The van der Waals surface area contributed by atoms with E-state index in [1.165, 1.54) is 4.31 Å². The van der Waals surface area contributed by atoms with Gasteiger partial charge in [-0.15, -0.1) is 0 Å². The van der Waals surface area contributed by atoms with Gasteiger partial charge in [-0.1, -0.05) is 54.6 Å². The van der Waals surface area contributed by atoms with Crippen LogP contribution in [0.5, 0.6) is 0 Å². The molecule has 4 rings (SSSR count). The molecule has 6 heteroatoms. The SMILES string of the molecule is CC(C)(CO)NCc1ccc(S(=O)(=O)N2CCc3c(-c4ccccc4)cccc32)cc1. The molecule has 3 aromatic rings. The van der Waals surface area contributed by atoms with Crippen LogP contribution in [0.3, 0.4) is 0 Å². The highest BCUT2D eigenvalue weighted by molar-refractivity contribution is 7.92. The number of aliphatic hydroxyl groups is 1. The third-order valence-electron chi connectivity index (χ3n) is 5.75. The Morgan fingerprint density at radius 3 is 2.35 bits per heavy atom. The smallest absolute Gasteiger partial charge is 0.264 e. The topological polar surface area (TPSA) is 69.6 Å². The lowest BCUT2D eigenvalue weighted by Crippen LogP contribution is -2.42. The van der Waals surface area contributed by atoms with Crippen LogP contribution < -0.4 is 9.62 Å². The number of nitrogens with one attached hydrogen (secondary N) is 1. The fourth-order valence-electron chi connectivity index (χ4n) is 3.85. The van der Waals surface area contributed by atoms with Gasteiger partial charge in [0.1, 0.15) is 0 Å². The van der Waals surface area contributed by atoms with Gasteiger partial charge in [-0.3, -0.25) is 4.31 Å². The zero-order valence-electron chi connectivity index (χ0n) is 17.9. The van der Waals surface area contributed by atoms with E-state index in [1.54, 1.807) is 12.1 Å². The Balaban J connectivity index is 1.59. The molecule has 0 saturated carbocycles. The van der Waals surface area contributed by atoms with Crippen LogP contribution in [0.1, 0.15) is 25.0 Å². The number of anilines is 1. The van der Waals surface area contributed by atoms with Gasteiger partial charge in [0.2, 0.25) is 0 Å². The molecule has 0 spiro atoms. The van der Waals surface area contributed by atoms with Crippen LogP contribution >= 0.6 is 0 Å². The summed E-state index contributed by atoms with van der Waals surface area (Å²) in [4.78, 5) is 0.288. The Hall–Kier alpha value is -2.67. The van der Waals surface area contributed by atoms with Crippen LogP contribution in [0, 0.1) is 0 Å². The van der Waals surface area contributed by atoms with Crippen molar-refractivity contribution in [2.75, 3.05) is 17.5 Å². The fraction of sp³-hybridized carbons (Fsp3) is 0.280. The Labute approximate surface area is 184 Å². The third kappa shape index (κ3) is 4.37. The minimum absolute atomic E-state index is 0.0266. The van der Waals surface area contributed by atoms with Gasteiger partial charge in [0, 0.05) is 18.6 Å². The van der Waals surface area contributed by atoms with E-state index in [0.717, 1.165) is 27.9 Å². The van der Waals surface area contributed by atoms with Crippen molar-refractivity contribution in [2.45, 2.75) is 37.2 Å². The first-order valence-electron chi connectivity index (χ1n) is 10.5. The number of aliphatic hydroxyl groups excluding tert-OH is 1. The minimum atomic E-state index is -3.64. The monoisotopic (exact) mass is 436 g/mol. The highest BCUT2D eigenvalue weighted by atomic mass is 32.2. The predicted octanol–water partition coefficient (Wildman–Crippen LogP) is 3.97. The quantitative estimate of drug-likeness (QED) is 0.588. The van der Waals surface area contributed by atoms with E-state index in [4.69, 9.17) is 0 Å². The van der Waals surface area contributed by atoms with Gasteiger partial charge in [-0.2, -0.15) is 0 Å². The summed E-state index contributed by atoms with van der Waals surface area (Å²) in [6.07, 6.45) is 0.692. The molecule has 31 heavy (non-hydrogen) atoms. The van der Waals surface area contributed by atoms with Gasteiger partial charge >= 0.3 is 0 Å². The summed E-state index contributed by atoms with van der Waals surface area (Å²) in [7, 11) is -3.64. The first-order chi connectivity index (χ1) is 14.8. The molecule has 3 aromatic carbocycles. The molecule has 0 aliphatic carbocycles. The van der Waals surface area contributed by atoms with Crippen molar-refractivity contribution in [3.8, 4) is 11.1 Å². The molecule has 0 fully saturated rings. The summed E-state index contributed by atoms with van der Waals surface area (Å²) in [6, 6.07) is 22.9. The van der Waals surface area contributed by atoms with Crippen LogP contribution in [-0.2, 0) is 23.0 Å². The van der Waals surface area contributed by atoms with Crippen molar-refractivity contribution < 1.29 is 13.5 Å². The van der Waals surface area contributed by atoms with Crippen LogP contribution in [-0.4, -0.2) is 32.2 Å². The molecule has 1 aliphatic heterocycles. The molecule has 0 aromatic heterocycles. The predicted molar refractivity (Wildman–Crippen MR) is 125 cm³/mol. The molecule has 0 saturated heterocycles. The molecule has 1 heterocycles. The highest BCUT2D eigenvalue weighted by Gasteiger charge is 2.32. The molecule has 2 N–H and O–H groups in total. The molecule has 0 radical (unpaired) electrons. The zero-order valence-corrected chi connectivity index (χ0v) is 18.7. The molecule has 0 unspecified atom stereocenters. The van der Waals surface area contributed by atoms with E-state index < -0.39 is 10.0 Å². The maximum absolute atomic E-state index is 13.4. The lowest BCUT2D eigenvalue weighted by atomic mass is 9.98. The van der Waals surface area contributed by atoms with E-state index in [9.17, 15) is 13.5 Å². The summed E-state index contributed by atoms with van der Waals surface area (Å²) in [5, 5.41) is 12.6. The first-order valence-corrected chi connectivity index (χ1v) is 11.9. The number of fused-ring (bicyclic) bond motifs is 1. The molecular weight excluding hydrogens is 408 g/mol. The van der Waals surface area contributed by atoms with Gasteiger partial charge in [-0.25, -0.2) is 8.42 Å². The van der Waals surface area contributed by atoms with E-state index in [-0.39, 0.29) is 17.0 Å². The maximum Gasteiger partial charge on any atom is 0.264 e. The van der Waals surface area contributed by atoms with Crippen LogP contribution in [0.4, 0.5) is 5.69 Å². The summed E-state index contributed by atoms with van der Waals surface area (Å²) in [6.45, 7) is 4.86. The fourth-order valence-corrected chi connectivity index (χ4v) is 5.34. The standard InChI is InChI=1S/C25H28N2O3S/c1-25(2,18-28)26-17-19-11-13-21(14-12-19)31(29,30)27-16-15-23-22(9-6-10-24(23)27)20-7-4-3-5-8-20/h3-14,26,28H,15-18H2,1-2H3. The van der Waals surface area contributed by atoms with Gasteiger partial charge in [0.15, 0.2) is 0 Å². The van der Waals surface area contributed by atoms with Crippen molar-refractivity contribution >= 4 is 15.7 Å². The van der Waals surface area contributed by atoms with Crippen molar-refractivity contribution in [1.29, 1.82) is 0 Å². The van der Waals surface area contributed by atoms with Crippen LogP contribution in [0.15, 0.2) is 77.7 Å². The van der Waals surface area contributed by atoms with Crippen molar-refractivity contribution in [1.82, 2.24) is 5.32 Å². The van der Waals surface area contributed by atoms with E-state index in [0.29, 0.717) is 19.5 Å². The molecule has 0 atom stereocenters. The second kappa shape index (κ2) is 8.46. The van der Waals surface area contributed by atoms with Crippen molar-refractivity contribution in [3.63, 3.8) is 0 Å². The van der Waals surface area contributed by atoms with Crippen LogP contribution in [0.2, 0.25) is 0 Å². The molecular formula is C25H28N2O3S. The number of benzene rings is 3. The first kappa shape index (κ1) is 21.6. The Kier molecular flexibility index (Phi) is 5.88. The van der Waals surface area contributed by atoms with Gasteiger partial charge in [0.25, 0.3) is 10.0 Å². The van der Waals surface area contributed by atoms with E-state index in [2.05, 4.69) is 23.5 Å². The van der Waals surface area contributed by atoms with Crippen molar-refractivity contribution in [3.05, 3.63) is 83.9 Å². The Morgan fingerprint density at radius 2 is 1.68 bits per heavy atom. The summed E-state index contributed by atoms with van der Waals surface area (Å²) >= 11 is 0. The number of hydrogen-bond donors (Lipinski definition) is 2. The Morgan fingerprint density at radius 1 is 0.968 bits per heavy atom. The molecule has 0 amide bonds. The number of hydrogen-bond acceptors (Lipinski definition) is 4. The van der Waals surface area contributed by atoms with Gasteiger partial charge in [-0.05, 0) is 60.7 Å². The number of sulfonamides is 1. The average molecular weight is 437 g/mol. The normalized spacial score (nSPS) is 14.0. The maximum atomic E-state index is 13.4. The number of rotatable bonds is 7. The Bertz CT molecular complexity index is 1160. The second-order valence-electron chi connectivity index (χ2n) is 8.54. The summed E-state index contributed by atoms with van der Waals surface area (Å²) < 4.78 is 28.3. The van der Waals surface area contributed by atoms with Crippen LogP contribution in [0.25, 0.3) is 11.1 Å². The summed E-state index contributed by atoms with van der Waals surface area (Å²) in [5.74, 6) is 0. The van der Waals surface area contributed by atoms with E-state index >= 15 is 0 Å². The minimum Gasteiger partial charge on any atom is -0.394 e. The van der Waals surface area contributed by atoms with Crippen molar-refractivity contribution in [2.24, 2.45) is 0 Å². The molecule has 162 valence electrons. The lowest BCUT2D eigenvalue weighted by molar-refractivity contribution is 0.187. The zero-order chi connectivity index (χ0) is 22.1. The van der Waals surface area contributed by atoms with Gasteiger partial charge < -0.3 is 10.4 Å². The molecule has 5 nitrogen and oxygen atoms in total. The highest BCUT2D eigenvalue weighted by Crippen LogP contribution is 2.38. The molecule has 1 aliphatic rings. The number of nitrogens with zero attached hydrogens (tertiary/aromatic N) is 1. The summed E-state index contributed by atoms with van der Waals surface area (Å²) in [5.41, 5.74) is 4.60. The van der Waals surface area contributed by atoms with E-state index in [1.807, 2.05) is 56.3 Å². The molecule has 0 bridgehead atoms. The van der Waals surface area contributed by atoms with Gasteiger partial charge in [0.05, 0.1) is 17.2 Å². The average Bonchev–Trinajstić information content (AvgIpc) is 3.24. The third-order valence-corrected chi connectivity index (χ3v) is 7.57. The second-order valence-corrected chi connectivity index (χ2v) is 10.4. The largest absolute Gasteiger partial charge is 0.394 e.